The lowest BCUT2D eigenvalue weighted by atomic mass is 9.86. The molecule has 1 fully saturated rings. The van der Waals surface area contributed by atoms with E-state index in [4.69, 9.17) is 0 Å². The monoisotopic (exact) mass is 787 g/mol. The maximum Gasteiger partial charge on any atom is 0.0541 e. The third kappa shape index (κ3) is 7.25. The Hall–Kier alpha value is -6.96. The molecular weight excluding hydrogens is 735 g/mol. The molecule has 0 saturated heterocycles. The lowest BCUT2D eigenvalue weighted by Crippen LogP contribution is -1.94. The number of hydrogen-bond acceptors (Lipinski definition) is 0. The van der Waals surface area contributed by atoms with Crippen LogP contribution in [0.2, 0.25) is 0 Å². The minimum atomic E-state index is 0.578. The lowest BCUT2D eigenvalue weighted by Gasteiger charge is -2.17. The summed E-state index contributed by atoms with van der Waals surface area (Å²) in [7, 11) is 0. The average Bonchev–Trinajstić information content (AvgIpc) is 3.79. The molecule has 1 saturated carbocycles. The Labute approximate surface area is 361 Å². The summed E-state index contributed by atoms with van der Waals surface area (Å²) in [6.45, 7) is 20.7. The Bertz CT molecular complexity index is 3260. The maximum atomic E-state index is 3.89. The van der Waals surface area contributed by atoms with Crippen LogP contribution in [0.25, 0.3) is 87.6 Å². The van der Waals surface area contributed by atoms with Crippen molar-refractivity contribution in [1.29, 1.82) is 0 Å². The second kappa shape index (κ2) is 15.9. The van der Waals surface area contributed by atoms with Crippen LogP contribution in [0, 0.1) is 26.2 Å². The van der Waals surface area contributed by atoms with Gasteiger partial charge in [0.2, 0.25) is 0 Å². The van der Waals surface area contributed by atoms with Crippen LogP contribution < -0.4 is 0 Å². The topological polar surface area (TPSA) is 4.93 Å². The number of fused-ring (bicyclic) bond motifs is 3. The maximum absolute atomic E-state index is 3.89. The number of benzene rings is 9. The number of para-hydroxylation sites is 2. The highest BCUT2D eigenvalue weighted by Gasteiger charge is 2.37. The van der Waals surface area contributed by atoms with Crippen LogP contribution >= 0.6 is 0 Å². The number of allylic oxidation sites excluding steroid dienone is 4. The standard InChI is InChI=1S/C42H29N.C11H12.C7H12/c1-26-11-20-32(27(2)25-26)34-22-15-30-16-23-37-33(21-14-29-17-24-38(34)42(30)41(29)37)28-12-18-31(19-13-28)43-39-9-5-3-7-35(39)36-8-4-6-10-40(36)43;1-4-9(2)11-8-6-5-7-10(11)3;1-4-6-5-7(6,2)3/h3-25H,1-2H3;4-8H,1-2H2,3H3;4H,5H2,1-3H3. The van der Waals surface area contributed by atoms with Crippen LogP contribution in [0.5, 0.6) is 0 Å². The molecule has 1 heterocycles. The predicted molar refractivity (Wildman–Crippen MR) is 267 cm³/mol. The van der Waals surface area contributed by atoms with E-state index in [9.17, 15) is 0 Å². The molecule has 0 bridgehead atoms. The van der Waals surface area contributed by atoms with E-state index in [1.54, 1.807) is 11.6 Å². The third-order valence-electron chi connectivity index (χ3n) is 12.8. The van der Waals surface area contributed by atoms with E-state index in [1.807, 2.05) is 12.1 Å². The summed E-state index contributed by atoms with van der Waals surface area (Å²) in [5.74, 6) is 0. The second-order valence-corrected chi connectivity index (χ2v) is 17.3. The Kier molecular flexibility index (Phi) is 10.3. The number of aromatic nitrogens is 1. The zero-order chi connectivity index (χ0) is 42.4. The van der Waals surface area contributed by atoms with Gasteiger partial charge in [-0.25, -0.2) is 0 Å². The molecule has 1 aromatic heterocycles. The molecule has 1 aliphatic rings. The number of nitrogens with zero attached hydrogens (tertiary/aromatic N) is 1. The van der Waals surface area contributed by atoms with Crippen molar-refractivity contribution >= 4 is 59.7 Å². The molecule has 298 valence electrons. The van der Waals surface area contributed by atoms with Gasteiger partial charge in [-0.1, -0.05) is 190 Å². The van der Waals surface area contributed by atoms with Gasteiger partial charge in [-0.2, -0.15) is 0 Å². The van der Waals surface area contributed by atoms with E-state index in [0.29, 0.717) is 5.41 Å². The van der Waals surface area contributed by atoms with Crippen molar-refractivity contribution in [3.05, 3.63) is 217 Å². The molecule has 61 heavy (non-hydrogen) atoms. The smallest absolute Gasteiger partial charge is 0.0541 e. The summed E-state index contributed by atoms with van der Waals surface area (Å²) >= 11 is 0. The molecule has 0 unspecified atom stereocenters. The van der Waals surface area contributed by atoms with Crippen molar-refractivity contribution in [2.45, 2.75) is 48.0 Å². The first-order chi connectivity index (χ1) is 29.6. The van der Waals surface area contributed by atoms with E-state index in [0.717, 1.165) is 5.57 Å². The van der Waals surface area contributed by atoms with E-state index >= 15 is 0 Å². The summed E-state index contributed by atoms with van der Waals surface area (Å²) in [6.07, 6.45) is 5.33. The van der Waals surface area contributed by atoms with E-state index < -0.39 is 0 Å². The van der Waals surface area contributed by atoms with Gasteiger partial charge in [0.05, 0.1) is 11.0 Å². The van der Waals surface area contributed by atoms with Gasteiger partial charge < -0.3 is 4.57 Å². The molecule has 0 aliphatic heterocycles. The molecule has 1 aliphatic carbocycles. The number of rotatable bonds is 5. The largest absolute Gasteiger partial charge is 0.309 e. The van der Waals surface area contributed by atoms with Gasteiger partial charge >= 0.3 is 0 Å². The minimum Gasteiger partial charge on any atom is -0.309 e. The van der Waals surface area contributed by atoms with Gasteiger partial charge in [0.1, 0.15) is 0 Å². The van der Waals surface area contributed by atoms with Gasteiger partial charge in [-0.05, 0) is 141 Å². The van der Waals surface area contributed by atoms with Crippen LogP contribution in [-0.4, -0.2) is 4.57 Å². The van der Waals surface area contributed by atoms with Gasteiger partial charge in [-0.3, -0.25) is 0 Å². The molecule has 11 rings (SSSR count). The molecule has 0 spiro atoms. The van der Waals surface area contributed by atoms with E-state index in [2.05, 4.69) is 217 Å². The Balaban J connectivity index is 0.000000220. The number of aryl methyl sites for hydroxylation is 3. The molecule has 0 amide bonds. The Morgan fingerprint density at radius 1 is 0.557 bits per heavy atom. The van der Waals surface area contributed by atoms with Crippen LogP contribution in [0.1, 0.15) is 49.4 Å². The van der Waals surface area contributed by atoms with E-state index in [-0.39, 0.29) is 0 Å². The third-order valence-corrected chi connectivity index (χ3v) is 12.8. The van der Waals surface area contributed by atoms with Crippen LogP contribution in [0.4, 0.5) is 0 Å². The summed E-state index contributed by atoms with van der Waals surface area (Å²) in [5, 5.41) is 10.5. The highest BCUT2D eigenvalue weighted by molar-refractivity contribution is 6.27. The Morgan fingerprint density at radius 3 is 1.62 bits per heavy atom. The summed E-state index contributed by atoms with van der Waals surface area (Å²) in [5.41, 5.74) is 17.0. The van der Waals surface area contributed by atoms with Crippen molar-refractivity contribution in [1.82, 2.24) is 4.57 Å². The SMILES string of the molecule is C=CC(=C)c1ccccc1C.CC=C1CC1(C)C.Cc1ccc(-c2ccc3ccc4c(-c5ccc(-n6c7ccccc7c7ccccc76)cc5)ccc5ccc2c3c54)c(C)c1. The van der Waals surface area contributed by atoms with Crippen molar-refractivity contribution in [3.8, 4) is 27.9 Å². The highest BCUT2D eigenvalue weighted by atomic mass is 15.0. The highest BCUT2D eigenvalue weighted by Crippen LogP contribution is 2.50. The second-order valence-electron chi connectivity index (χ2n) is 17.3. The van der Waals surface area contributed by atoms with E-state index in [1.165, 1.54) is 111 Å². The fourth-order valence-electron chi connectivity index (χ4n) is 9.36. The van der Waals surface area contributed by atoms with Crippen molar-refractivity contribution < 1.29 is 0 Å². The molecule has 0 N–H and O–H groups in total. The Morgan fingerprint density at radius 2 is 1.08 bits per heavy atom. The molecule has 1 heteroatoms. The van der Waals surface area contributed by atoms with Crippen LogP contribution in [0.3, 0.4) is 0 Å². The van der Waals surface area contributed by atoms with Gasteiger partial charge in [0.15, 0.2) is 0 Å². The number of hydrogen-bond donors (Lipinski definition) is 0. The molecule has 1 nitrogen and oxygen atoms in total. The molecule has 0 radical (unpaired) electrons. The predicted octanol–water partition coefficient (Wildman–Crippen LogP) is 17.2. The summed E-state index contributed by atoms with van der Waals surface area (Å²) in [4.78, 5) is 0. The normalized spacial score (nSPS) is 13.6. The van der Waals surface area contributed by atoms with Crippen molar-refractivity contribution in [2.24, 2.45) is 5.41 Å². The van der Waals surface area contributed by atoms with Crippen LogP contribution in [0.15, 0.2) is 195 Å². The summed E-state index contributed by atoms with van der Waals surface area (Å²) in [6, 6.07) is 59.9. The molecular formula is C60H53N. The minimum absolute atomic E-state index is 0.578. The van der Waals surface area contributed by atoms with Gasteiger partial charge in [-0.15, -0.1) is 0 Å². The average molecular weight is 788 g/mol. The fraction of sp³-hybridized carbons (Fsp3) is 0.133. The first kappa shape index (κ1) is 39.5. The van der Waals surface area contributed by atoms with Crippen LogP contribution in [-0.2, 0) is 0 Å². The van der Waals surface area contributed by atoms with Crippen molar-refractivity contribution in [3.63, 3.8) is 0 Å². The first-order valence-electron chi connectivity index (χ1n) is 21.5. The zero-order valence-electron chi connectivity index (χ0n) is 36.3. The molecule has 10 aromatic rings. The molecule has 9 aromatic carbocycles. The van der Waals surface area contributed by atoms with Crippen molar-refractivity contribution in [2.75, 3.05) is 0 Å². The quantitative estimate of drug-likeness (QED) is 0.0930. The van der Waals surface area contributed by atoms with Gasteiger partial charge in [0, 0.05) is 16.5 Å². The first-order valence-corrected chi connectivity index (χ1v) is 21.5. The van der Waals surface area contributed by atoms with Gasteiger partial charge in [0.25, 0.3) is 0 Å². The fourth-order valence-corrected chi connectivity index (χ4v) is 9.36. The molecule has 0 atom stereocenters. The lowest BCUT2D eigenvalue weighted by molar-refractivity contribution is 0.686. The zero-order valence-corrected chi connectivity index (χ0v) is 36.3. The summed E-state index contributed by atoms with van der Waals surface area (Å²) < 4.78 is 2.38.